The number of thioether (sulfide) groups is 1. The highest BCUT2D eigenvalue weighted by atomic mass is 32.2. The first-order valence-corrected chi connectivity index (χ1v) is 11.4. The van der Waals surface area contributed by atoms with Gasteiger partial charge < -0.3 is 5.32 Å². The second-order valence-corrected chi connectivity index (χ2v) is 8.74. The van der Waals surface area contributed by atoms with Crippen LogP contribution in [0.25, 0.3) is 16.6 Å². The third-order valence-corrected chi connectivity index (χ3v) is 6.57. The molecule has 0 bridgehead atoms. The Hall–Kier alpha value is -3.62. The molecule has 160 valence electrons. The molecule has 1 N–H and O–H groups in total. The lowest BCUT2D eigenvalue weighted by molar-refractivity contribution is -0.120. The van der Waals surface area contributed by atoms with Crippen molar-refractivity contribution in [2.75, 3.05) is 5.75 Å². The monoisotopic (exact) mass is 443 g/mol. The number of carbonyl (C=O) groups excluding carboxylic acids is 1. The lowest BCUT2D eigenvalue weighted by atomic mass is 9.83. The van der Waals surface area contributed by atoms with Gasteiger partial charge in [0, 0.05) is 0 Å². The molecule has 1 fully saturated rings. The summed E-state index contributed by atoms with van der Waals surface area (Å²) in [6.07, 6.45) is 4.23. The molecule has 0 aliphatic heterocycles. The first kappa shape index (κ1) is 21.6. The van der Waals surface area contributed by atoms with Crippen molar-refractivity contribution >= 4 is 28.6 Å². The van der Waals surface area contributed by atoms with E-state index >= 15 is 0 Å². The van der Waals surface area contributed by atoms with E-state index in [0.29, 0.717) is 40.2 Å². The molecule has 1 aromatic heterocycles. The number of rotatable bonds is 5. The Labute approximate surface area is 189 Å². The Morgan fingerprint density at radius 3 is 2.50 bits per heavy atom. The third kappa shape index (κ3) is 4.37. The average Bonchev–Trinajstić information content (AvgIpc) is 2.83. The van der Waals surface area contributed by atoms with E-state index in [-0.39, 0.29) is 17.2 Å². The van der Waals surface area contributed by atoms with Crippen LogP contribution in [0.3, 0.4) is 0 Å². The molecule has 32 heavy (non-hydrogen) atoms. The predicted molar refractivity (Wildman–Crippen MR) is 122 cm³/mol. The van der Waals surface area contributed by atoms with Gasteiger partial charge in [0.05, 0.1) is 40.0 Å². The number of carbonyl (C=O) groups is 1. The summed E-state index contributed by atoms with van der Waals surface area (Å²) >= 11 is 1.15. The smallest absolute Gasteiger partial charge is 0.266 e. The zero-order valence-electron chi connectivity index (χ0n) is 17.4. The molecule has 0 atom stereocenters. The number of nitriles is 2. The minimum absolute atomic E-state index is 0.0322. The second-order valence-electron chi connectivity index (χ2n) is 7.80. The van der Waals surface area contributed by atoms with Gasteiger partial charge in [-0.15, -0.1) is 0 Å². The highest BCUT2D eigenvalue weighted by molar-refractivity contribution is 7.99. The Balaban J connectivity index is 1.65. The molecule has 2 aromatic carbocycles. The highest BCUT2D eigenvalue weighted by Gasteiger charge is 2.33. The van der Waals surface area contributed by atoms with Crippen LogP contribution < -0.4 is 10.9 Å². The summed E-state index contributed by atoms with van der Waals surface area (Å²) < 4.78 is 1.46. The lowest BCUT2D eigenvalue weighted by Crippen LogP contribution is -2.49. The van der Waals surface area contributed by atoms with Crippen molar-refractivity contribution < 1.29 is 4.79 Å². The Kier molecular flexibility index (Phi) is 6.25. The Morgan fingerprint density at radius 1 is 1.09 bits per heavy atom. The third-order valence-electron chi connectivity index (χ3n) is 5.63. The van der Waals surface area contributed by atoms with Crippen molar-refractivity contribution in [2.45, 2.75) is 42.8 Å². The van der Waals surface area contributed by atoms with Gasteiger partial charge in [-0.1, -0.05) is 43.2 Å². The van der Waals surface area contributed by atoms with Crippen molar-refractivity contribution in [3.05, 3.63) is 64.4 Å². The number of nitrogens with zero attached hydrogens (tertiary/aromatic N) is 4. The first-order chi connectivity index (χ1) is 15.5. The van der Waals surface area contributed by atoms with Gasteiger partial charge in [-0.3, -0.25) is 14.2 Å². The van der Waals surface area contributed by atoms with Crippen molar-refractivity contribution in [3.63, 3.8) is 0 Å². The summed E-state index contributed by atoms with van der Waals surface area (Å²) in [5, 5.41) is 22.4. The number of amides is 1. The highest BCUT2D eigenvalue weighted by Crippen LogP contribution is 2.28. The molecule has 0 radical (unpaired) electrons. The van der Waals surface area contributed by atoms with Crippen molar-refractivity contribution in [1.82, 2.24) is 14.9 Å². The molecule has 8 heteroatoms. The van der Waals surface area contributed by atoms with Gasteiger partial charge in [0.2, 0.25) is 5.91 Å². The fourth-order valence-electron chi connectivity index (χ4n) is 3.98. The van der Waals surface area contributed by atoms with Crippen LogP contribution in [0.5, 0.6) is 0 Å². The molecule has 0 unspecified atom stereocenters. The molecule has 0 saturated heterocycles. The van der Waals surface area contributed by atoms with Crippen LogP contribution in [0.2, 0.25) is 0 Å². The number of hydrogen-bond donors (Lipinski definition) is 1. The molecule has 1 aliphatic rings. The lowest BCUT2D eigenvalue weighted by Gasteiger charge is -2.31. The fourth-order valence-corrected chi connectivity index (χ4v) is 4.79. The largest absolute Gasteiger partial charge is 0.337 e. The van der Waals surface area contributed by atoms with Crippen LogP contribution in [0.1, 0.15) is 37.7 Å². The summed E-state index contributed by atoms with van der Waals surface area (Å²) in [6.45, 7) is 0. The maximum atomic E-state index is 13.3. The van der Waals surface area contributed by atoms with Gasteiger partial charge in [0.15, 0.2) is 5.16 Å². The van der Waals surface area contributed by atoms with E-state index in [1.165, 1.54) is 4.57 Å². The summed E-state index contributed by atoms with van der Waals surface area (Å²) in [5.41, 5.74) is 0.545. The van der Waals surface area contributed by atoms with Crippen LogP contribution in [0, 0.1) is 22.7 Å². The maximum Gasteiger partial charge on any atom is 0.266 e. The molecule has 3 aromatic rings. The minimum Gasteiger partial charge on any atom is -0.337 e. The van der Waals surface area contributed by atoms with E-state index in [2.05, 4.69) is 22.4 Å². The molecule has 1 aliphatic carbocycles. The Morgan fingerprint density at radius 2 is 1.81 bits per heavy atom. The Bertz CT molecular complexity index is 1300. The van der Waals surface area contributed by atoms with Crippen LogP contribution in [0.4, 0.5) is 0 Å². The summed E-state index contributed by atoms with van der Waals surface area (Å²) in [7, 11) is 0. The molecule has 0 spiro atoms. The van der Waals surface area contributed by atoms with Crippen molar-refractivity contribution in [1.29, 1.82) is 10.5 Å². The minimum atomic E-state index is -0.806. The van der Waals surface area contributed by atoms with Gasteiger partial charge in [-0.2, -0.15) is 10.5 Å². The fraction of sp³-hybridized carbons (Fsp3) is 0.292. The standard InChI is InChI=1S/C24H21N5O2S/c25-14-17-8-10-18(11-9-17)29-22(31)19-6-2-3-7-20(19)27-23(29)32-15-21(30)28-24(16-26)12-4-1-5-13-24/h2-3,6-11H,1,4-5,12-13,15H2,(H,28,30). The number of nitrogens with one attached hydrogen (secondary N) is 1. The zero-order valence-corrected chi connectivity index (χ0v) is 18.2. The topological polar surface area (TPSA) is 112 Å². The van der Waals surface area contributed by atoms with E-state index in [1.807, 2.05) is 6.07 Å². The van der Waals surface area contributed by atoms with Crippen LogP contribution in [0.15, 0.2) is 58.5 Å². The summed E-state index contributed by atoms with van der Waals surface area (Å²) in [4.78, 5) is 30.6. The number of para-hydroxylation sites is 1. The van der Waals surface area contributed by atoms with Gasteiger partial charge in [-0.05, 0) is 49.2 Å². The number of aromatic nitrogens is 2. The van der Waals surface area contributed by atoms with E-state index in [9.17, 15) is 14.9 Å². The number of fused-ring (bicyclic) bond motifs is 1. The van der Waals surface area contributed by atoms with Gasteiger partial charge in [-0.25, -0.2) is 4.98 Å². The molecule has 1 heterocycles. The van der Waals surface area contributed by atoms with E-state index < -0.39 is 5.54 Å². The van der Waals surface area contributed by atoms with E-state index in [1.54, 1.807) is 42.5 Å². The number of hydrogen-bond acceptors (Lipinski definition) is 6. The normalized spacial score (nSPS) is 14.9. The van der Waals surface area contributed by atoms with E-state index in [0.717, 1.165) is 31.0 Å². The van der Waals surface area contributed by atoms with Gasteiger partial charge in [0.25, 0.3) is 5.56 Å². The van der Waals surface area contributed by atoms with Crippen LogP contribution >= 0.6 is 11.8 Å². The predicted octanol–water partition coefficient (Wildman–Crippen LogP) is 3.69. The molecular formula is C24H21N5O2S. The zero-order chi connectivity index (χ0) is 22.6. The van der Waals surface area contributed by atoms with Crippen LogP contribution in [-0.2, 0) is 4.79 Å². The van der Waals surface area contributed by atoms with E-state index in [4.69, 9.17) is 5.26 Å². The quantitative estimate of drug-likeness (QED) is 0.475. The molecule has 7 nitrogen and oxygen atoms in total. The first-order valence-electron chi connectivity index (χ1n) is 10.4. The second kappa shape index (κ2) is 9.25. The SMILES string of the molecule is N#Cc1ccc(-n2c(SCC(=O)NC3(C#N)CCCCC3)nc3ccccc3c2=O)cc1. The van der Waals surface area contributed by atoms with Gasteiger partial charge in [0.1, 0.15) is 5.54 Å². The summed E-state index contributed by atoms with van der Waals surface area (Å²) in [6, 6.07) is 18.1. The van der Waals surface area contributed by atoms with Crippen molar-refractivity contribution in [2.24, 2.45) is 0 Å². The number of benzene rings is 2. The van der Waals surface area contributed by atoms with Gasteiger partial charge >= 0.3 is 0 Å². The van der Waals surface area contributed by atoms with Crippen LogP contribution in [-0.4, -0.2) is 26.8 Å². The summed E-state index contributed by atoms with van der Waals surface area (Å²) in [5.74, 6) is -0.225. The molecule has 4 rings (SSSR count). The average molecular weight is 444 g/mol. The molecule has 1 saturated carbocycles. The molecular weight excluding hydrogens is 422 g/mol. The maximum absolute atomic E-state index is 13.3. The van der Waals surface area contributed by atoms with Crippen molar-refractivity contribution in [3.8, 4) is 17.8 Å². The molecule has 1 amide bonds.